The minimum atomic E-state index is -5.19. The van der Waals surface area contributed by atoms with E-state index in [2.05, 4.69) is 10.3 Å². The van der Waals surface area contributed by atoms with Crippen LogP contribution in [0.5, 0.6) is 5.75 Å². The van der Waals surface area contributed by atoms with Crippen molar-refractivity contribution in [3.05, 3.63) is 77.6 Å². The second-order valence-corrected chi connectivity index (χ2v) is 10.6. The summed E-state index contributed by atoms with van der Waals surface area (Å²) >= 11 is 0. The lowest BCUT2D eigenvalue weighted by atomic mass is 10.1. The van der Waals surface area contributed by atoms with Gasteiger partial charge in [-0.2, -0.15) is 28.6 Å². The zero-order chi connectivity index (χ0) is 31.9. The van der Waals surface area contributed by atoms with E-state index in [0.717, 1.165) is 34.8 Å². The number of hydrogen-bond acceptors (Lipinski definition) is 8. The number of ether oxygens (including phenoxy) is 1. The van der Waals surface area contributed by atoms with E-state index in [1.807, 2.05) is 35.2 Å². The van der Waals surface area contributed by atoms with E-state index in [-0.39, 0.29) is 16.8 Å². The van der Waals surface area contributed by atoms with Crippen molar-refractivity contribution in [1.29, 1.82) is 0 Å². The highest BCUT2D eigenvalue weighted by Gasteiger charge is 2.29. The molecular formula is C28H27F3N4O7S-2. The number of fused-ring (bicyclic) bond motifs is 2. The smallest absolute Gasteiger partial charge is 0.430 e. The number of likely N-dealkylation sites (tertiary alicyclic amines) is 1. The molecule has 0 aliphatic carbocycles. The summed E-state index contributed by atoms with van der Waals surface area (Å²) in [6.45, 7) is 1.38. The number of nitrogen functional groups attached to an aromatic ring is 1. The van der Waals surface area contributed by atoms with Gasteiger partial charge in [0, 0.05) is 18.5 Å². The molecule has 0 saturated carbocycles. The van der Waals surface area contributed by atoms with Gasteiger partial charge >= 0.3 is 6.18 Å². The Balaban J connectivity index is 0.000000197. The van der Waals surface area contributed by atoms with Gasteiger partial charge in [-0.05, 0) is 65.2 Å². The fraction of sp³-hybridized carbons (Fsp3) is 0.250. The van der Waals surface area contributed by atoms with Crippen molar-refractivity contribution in [2.24, 2.45) is 0 Å². The molecule has 1 aliphatic rings. The molecule has 0 radical (unpaired) electrons. The third-order valence-electron chi connectivity index (χ3n) is 6.28. The van der Waals surface area contributed by atoms with Gasteiger partial charge in [0.15, 0.2) is 0 Å². The minimum Gasteiger partial charge on any atom is -0.654 e. The lowest BCUT2D eigenvalue weighted by Crippen LogP contribution is -2.37. The Morgan fingerprint density at radius 2 is 1.72 bits per heavy atom. The highest BCUT2D eigenvalue weighted by atomic mass is 32.2. The van der Waals surface area contributed by atoms with Crippen LogP contribution < -0.4 is 15.6 Å². The predicted molar refractivity (Wildman–Crippen MR) is 151 cm³/mol. The van der Waals surface area contributed by atoms with E-state index in [1.165, 1.54) is 19.2 Å². The summed E-state index contributed by atoms with van der Waals surface area (Å²) < 4.78 is 67.4. The average Bonchev–Trinajstić information content (AvgIpc) is 3.30. The van der Waals surface area contributed by atoms with Gasteiger partial charge in [-0.3, -0.25) is 9.35 Å². The van der Waals surface area contributed by atoms with Crippen LogP contribution in [0.2, 0.25) is 0 Å². The van der Waals surface area contributed by atoms with Crippen molar-refractivity contribution in [2.75, 3.05) is 26.4 Å². The van der Waals surface area contributed by atoms with Crippen molar-refractivity contribution in [3.8, 4) is 5.75 Å². The SMILES string of the molecule is COc1ccc2ccc(S(=O)(=O)O)cc2c1.C[N-][C@H]1CCN(Cc2ccc3ccc(N)nc3c2)C1=O.O=C([O-])C(F)(F)F. The minimum absolute atomic E-state index is 0.117. The third-order valence-corrected chi connectivity index (χ3v) is 7.13. The molecule has 5 rings (SSSR count). The number of methoxy groups -OCH3 is 1. The maximum atomic E-state index is 12.1. The molecule has 1 amide bonds. The molecule has 1 aliphatic heterocycles. The molecule has 1 saturated heterocycles. The number of aliphatic carboxylic acids is 1. The lowest BCUT2D eigenvalue weighted by molar-refractivity contribution is -0.344. The number of anilines is 1. The van der Waals surface area contributed by atoms with Crippen molar-refractivity contribution in [1.82, 2.24) is 9.88 Å². The second kappa shape index (κ2) is 13.7. The lowest BCUT2D eigenvalue weighted by Gasteiger charge is -2.22. The molecule has 1 atom stereocenters. The highest BCUT2D eigenvalue weighted by Crippen LogP contribution is 2.24. The number of likely N-dealkylation sites (N-methyl/N-ethyl adjacent to an activating group) is 1. The summed E-state index contributed by atoms with van der Waals surface area (Å²) in [4.78, 5) is 26.9. The summed E-state index contributed by atoms with van der Waals surface area (Å²) in [6, 6.07) is 19.4. The summed E-state index contributed by atoms with van der Waals surface area (Å²) in [5.41, 5.74) is 7.64. The van der Waals surface area contributed by atoms with Gasteiger partial charge in [-0.25, -0.2) is 4.98 Å². The third kappa shape index (κ3) is 9.01. The monoisotopic (exact) mass is 620 g/mol. The van der Waals surface area contributed by atoms with Crippen molar-refractivity contribution in [2.45, 2.75) is 30.1 Å². The first-order chi connectivity index (χ1) is 20.1. The Morgan fingerprint density at radius 3 is 2.30 bits per heavy atom. The normalized spacial score (nSPS) is 15.0. The summed E-state index contributed by atoms with van der Waals surface area (Å²) in [6.07, 6.45) is -4.38. The fourth-order valence-electron chi connectivity index (χ4n) is 4.11. The van der Waals surface area contributed by atoms with E-state index in [4.69, 9.17) is 24.9 Å². The highest BCUT2D eigenvalue weighted by molar-refractivity contribution is 7.85. The van der Waals surface area contributed by atoms with E-state index in [0.29, 0.717) is 23.5 Å². The first kappa shape index (κ1) is 33.0. The molecule has 230 valence electrons. The number of aromatic nitrogens is 1. The zero-order valence-corrected chi connectivity index (χ0v) is 23.7. The van der Waals surface area contributed by atoms with E-state index in [9.17, 15) is 26.4 Å². The molecule has 11 nitrogen and oxygen atoms in total. The zero-order valence-electron chi connectivity index (χ0n) is 22.9. The number of alkyl halides is 3. The Bertz CT molecular complexity index is 1730. The Hall–Kier alpha value is -4.47. The number of carbonyl (C=O) groups is 2. The topological polar surface area (TPSA) is 177 Å². The maximum Gasteiger partial charge on any atom is 0.430 e. The van der Waals surface area contributed by atoms with Crippen LogP contribution in [0.3, 0.4) is 0 Å². The van der Waals surface area contributed by atoms with Gasteiger partial charge in [0.05, 0.1) is 17.5 Å². The van der Waals surface area contributed by atoms with Crippen LogP contribution in [0.4, 0.5) is 19.0 Å². The molecule has 15 heteroatoms. The number of halogens is 3. The van der Waals surface area contributed by atoms with Gasteiger partial charge in [0.25, 0.3) is 10.1 Å². The van der Waals surface area contributed by atoms with Gasteiger partial charge in [0.1, 0.15) is 17.5 Å². The Labute approximate surface area is 244 Å². The number of carbonyl (C=O) groups excluding carboxylic acids is 2. The maximum absolute atomic E-state index is 12.1. The predicted octanol–water partition coefficient (Wildman–Crippen LogP) is 3.32. The van der Waals surface area contributed by atoms with Crippen LogP contribution in [0, 0.1) is 0 Å². The molecule has 4 aromatic rings. The van der Waals surface area contributed by atoms with Crippen LogP contribution in [0.25, 0.3) is 27.0 Å². The van der Waals surface area contributed by atoms with E-state index < -0.39 is 22.3 Å². The standard InChI is InChI=1S/C15H17N4O.C11H10O4S.C2HF3O2/c1-17-12-6-7-19(15(12)20)9-10-2-3-11-4-5-14(16)18-13(11)8-10;1-15-10-4-2-8-3-5-11(16(12,13)14)7-9(8)6-10;3-2(4,5)1(6)7/h2-5,8,12H,6-7,9H2,1H3,(H2,16,18);2-7H,1H3,(H,12,13,14);(H,6,7)/q-1;;/p-1/t12-;;/m0../s1. The van der Waals surface area contributed by atoms with E-state index >= 15 is 0 Å². The van der Waals surface area contributed by atoms with Crippen molar-refractivity contribution < 1.29 is 45.6 Å². The van der Waals surface area contributed by atoms with Crippen molar-refractivity contribution >= 4 is 49.5 Å². The van der Waals surface area contributed by atoms with Crippen LogP contribution in [0.15, 0.2) is 71.6 Å². The number of nitrogens with two attached hydrogens (primary N) is 1. The molecule has 2 heterocycles. The molecule has 0 bridgehead atoms. The van der Waals surface area contributed by atoms with Crippen molar-refractivity contribution in [3.63, 3.8) is 0 Å². The van der Waals surface area contributed by atoms with Crippen LogP contribution in [0.1, 0.15) is 12.0 Å². The van der Waals surface area contributed by atoms with Gasteiger partial charge in [-0.15, -0.1) is 0 Å². The summed E-state index contributed by atoms with van der Waals surface area (Å²) in [5.74, 6) is -1.74. The number of benzene rings is 3. The Kier molecular flexibility index (Phi) is 10.5. The quantitative estimate of drug-likeness (QED) is 0.317. The van der Waals surface area contributed by atoms with Gasteiger partial charge in [-0.1, -0.05) is 30.3 Å². The number of carboxylic acids is 1. The first-order valence-corrected chi connectivity index (χ1v) is 13.9. The molecule has 3 N–H and O–H groups in total. The summed E-state index contributed by atoms with van der Waals surface area (Å²) in [5, 5.41) is 15.5. The second-order valence-electron chi connectivity index (χ2n) is 9.22. The average molecular weight is 621 g/mol. The molecule has 1 fully saturated rings. The molecule has 3 aromatic carbocycles. The van der Waals surface area contributed by atoms with Crippen LogP contribution in [-0.2, 0) is 26.3 Å². The largest absolute Gasteiger partial charge is 0.654 e. The number of nitrogens with zero attached hydrogens (tertiary/aromatic N) is 3. The Morgan fingerprint density at radius 1 is 1.09 bits per heavy atom. The molecular weight excluding hydrogens is 593 g/mol. The number of carboxylic acid groups (broad SMARTS) is 1. The van der Waals surface area contributed by atoms with Crippen LogP contribution >= 0.6 is 0 Å². The molecule has 0 spiro atoms. The van der Waals surface area contributed by atoms with Gasteiger partial charge < -0.3 is 30.6 Å². The number of hydrogen-bond donors (Lipinski definition) is 2. The number of pyridine rings is 1. The van der Waals surface area contributed by atoms with Gasteiger partial charge in [0.2, 0.25) is 5.91 Å². The molecule has 0 unspecified atom stereocenters. The molecule has 43 heavy (non-hydrogen) atoms. The first-order valence-electron chi connectivity index (χ1n) is 12.5. The number of amides is 1. The fourth-order valence-corrected chi connectivity index (χ4v) is 4.62. The number of rotatable bonds is 5. The van der Waals surface area contributed by atoms with Crippen LogP contribution in [-0.4, -0.2) is 67.7 Å². The summed E-state index contributed by atoms with van der Waals surface area (Å²) in [7, 11) is -0.916. The molecule has 1 aromatic heterocycles. The van der Waals surface area contributed by atoms with E-state index in [1.54, 1.807) is 31.3 Å².